The van der Waals surface area contributed by atoms with Crippen molar-refractivity contribution < 1.29 is 0 Å². The van der Waals surface area contributed by atoms with Crippen LogP contribution in [0.5, 0.6) is 0 Å². The van der Waals surface area contributed by atoms with Gasteiger partial charge in [0.15, 0.2) is 5.82 Å². The van der Waals surface area contributed by atoms with Crippen molar-refractivity contribution in [2.24, 2.45) is 10.7 Å². The molecule has 1 aromatic carbocycles. The quantitative estimate of drug-likeness (QED) is 0.698. The molecule has 0 amide bonds. The maximum Gasteiger partial charge on any atom is 0.163 e. The second kappa shape index (κ2) is 6.62. The highest BCUT2D eigenvalue weighted by molar-refractivity contribution is 7.15. The fourth-order valence-corrected chi connectivity index (χ4v) is 4.72. The van der Waals surface area contributed by atoms with Gasteiger partial charge in [-0.15, -0.1) is 21.5 Å². The molecule has 0 aliphatic carbocycles. The first-order valence-corrected chi connectivity index (χ1v) is 9.86. The summed E-state index contributed by atoms with van der Waals surface area (Å²) in [5.41, 5.74) is 10.8. The molecule has 2 aromatic heterocycles. The number of hydrogen-bond acceptors (Lipinski definition) is 5. The number of halogens is 1. The summed E-state index contributed by atoms with van der Waals surface area (Å²) in [7, 11) is 0. The van der Waals surface area contributed by atoms with Gasteiger partial charge in [0, 0.05) is 33.1 Å². The Labute approximate surface area is 167 Å². The van der Waals surface area contributed by atoms with E-state index < -0.39 is 0 Å². The van der Waals surface area contributed by atoms with Crippen LogP contribution < -0.4 is 5.73 Å². The van der Waals surface area contributed by atoms with E-state index in [0.29, 0.717) is 17.1 Å². The van der Waals surface area contributed by atoms with Crippen LogP contribution in [0, 0.1) is 20.8 Å². The van der Waals surface area contributed by atoms with Crippen LogP contribution >= 0.6 is 22.9 Å². The Balaban J connectivity index is 2.04. The minimum atomic E-state index is -0.242. The molecule has 5 nitrogen and oxygen atoms in total. The highest BCUT2D eigenvalue weighted by Gasteiger charge is 2.31. The number of rotatable bonds is 3. The average molecular weight is 398 g/mol. The summed E-state index contributed by atoms with van der Waals surface area (Å²) < 4.78 is 2.11. The van der Waals surface area contributed by atoms with Gasteiger partial charge in [-0.2, -0.15) is 0 Å². The van der Waals surface area contributed by atoms with Crippen molar-refractivity contribution in [3.8, 4) is 5.00 Å². The van der Waals surface area contributed by atoms with E-state index in [1.807, 2.05) is 31.2 Å². The second-order valence-electron chi connectivity index (χ2n) is 6.77. The third kappa shape index (κ3) is 2.99. The van der Waals surface area contributed by atoms with Crippen LogP contribution in [0.25, 0.3) is 5.00 Å². The Bertz CT molecular complexity index is 1070. The van der Waals surface area contributed by atoms with E-state index in [9.17, 15) is 0 Å². The lowest BCUT2D eigenvalue weighted by atomic mass is 9.99. The van der Waals surface area contributed by atoms with Gasteiger partial charge in [0.1, 0.15) is 16.9 Å². The highest BCUT2D eigenvalue weighted by Crippen LogP contribution is 2.39. The average Bonchev–Trinajstić information content (AvgIpc) is 3.08. The molecule has 1 aliphatic heterocycles. The van der Waals surface area contributed by atoms with E-state index in [2.05, 4.69) is 35.2 Å². The lowest BCUT2D eigenvalue weighted by molar-refractivity contribution is 0.651. The van der Waals surface area contributed by atoms with Crippen LogP contribution in [-0.2, 0) is 0 Å². The Morgan fingerprint density at radius 2 is 1.93 bits per heavy atom. The number of thiophene rings is 1. The fraction of sp³-hybridized carbons (Fsp3) is 0.250. The van der Waals surface area contributed by atoms with Crippen molar-refractivity contribution in [1.29, 1.82) is 0 Å². The van der Waals surface area contributed by atoms with Gasteiger partial charge >= 0.3 is 0 Å². The SMILES string of the molecule is C=C(N)CC1N=C(c2ccc(Cl)cc2)c2c(sc(C)c2C)-n2c(C)nnc21. The van der Waals surface area contributed by atoms with Crippen molar-refractivity contribution in [2.45, 2.75) is 33.2 Å². The summed E-state index contributed by atoms with van der Waals surface area (Å²) >= 11 is 7.84. The minimum Gasteiger partial charge on any atom is -0.402 e. The van der Waals surface area contributed by atoms with Gasteiger partial charge in [0.05, 0.1) is 5.71 Å². The molecule has 0 spiro atoms. The number of benzene rings is 1. The van der Waals surface area contributed by atoms with E-state index in [0.717, 1.165) is 33.5 Å². The summed E-state index contributed by atoms with van der Waals surface area (Å²) in [6, 6.07) is 7.55. The topological polar surface area (TPSA) is 69.1 Å². The first-order chi connectivity index (χ1) is 12.9. The molecule has 1 aliphatic rings. The molecular weight excluding hydrogens is 378 g/mol. The molecule has 3 aromatic rings. The molecular formula is C20H20ClN5S. The van der Waals surface area contributed by atoms with Crippen LogP contribution in [-0.4, -0.2) is 20.5 Å². The number of aryl methyl sites for hydroxylation is 2. The lowest BCUT2D eigenvalue weighted by Gasteiger charge is -2.12. The standard InChI is InChI=1S/C20H20ClN5S/c1-10(22)9-16-19-25-24-13(4)26(19)20-17(11(2)12(3)27-20)18(23-16)14-5-7-15(21)8-6-14/h5-8,16H,1,9,22H2,2-4H3. The molecule has 138 valence electrons. The van der Waals surface area contributed by atoms with Gasteiger partial charge in [0.2, 0.25) is 0 Å². The van der Waals surface area contributed by atoms with Crippen LogP contribution in [0.3, 0.4) is 0 Å². The molecule has 3 heterocycles. The smallest absolute Gasteiger partial charge is 0.163 e. The van der Waals surface area contributed by atoms with Gasteiger partial charge in [-0.05, 0) is 38.5 Å². The first-order valence-electron chi connectivity index (χ1n) is 8.66. The third-order valence-corrected chi connectivity index (χ3v) is 6.26. The van der Waals surface area contributed by atoms with Crippen LogP contribution in [0.15, 0.2) is 41.5 Å². The van der Waals surface area contributed by atoms with Crippen molar-refractivity contribution >= 4 is 28.6 Å². The fourth-order valence-electron chi connectivity index (χ4n) is 3.38. The zero-order chi connectivity index (χ0) is 19.3. The second-order valence-corrected chi connectivity index (χ2v) is 8.41. The summed E-state index contributed by atoms with van der Waals surface area (Å²) in [6.45, 7) is 10.1. The highest BCUT2D eigenvalue weighted by atomic mass is 35.5. The summed E-state index contributed by atoms with van der Waals surface area (Å²) in [4.78, 5) is 6.35. The van der Waals surface area contributed by atoms with E-state index in [4.69, 9.17) is 22.3 Å². The van der Waals surface area contributed by atoms with Gasteiger partial charge < -0.3 is 5.73 Å². The first kappa shape index (κ1) is 17.9. The number of aromatic nitrogens is 3. The van der Waals surface area contributed by atoms with Gasteiger partial charge in [-0.25, -0.2) is 0 Å². The van der Waals surface area contributed by atoms with E-state index in [-0.39, 0.29) is 6.04 Å². The summed E-state index contributed by atoms with van der Waals surface area (Å²) in [5.74, 6) is 1.64. The van der Waals surface area contributed by atoms with Crippen molar-refractivity contribution in [3.63, 3.8) is 0 Å². The molecule has 4 rings (SSSR count). The third-order valence-electron chi connectivity index (χ3n) is 4.81. The number of aliphatic imine (C=N–C) groups is 1. The largest absolute Gasteiger partial charge is 0.402 e. The van der Waals surface area contributed by atoms with Crippen molar-refractivity contribution in [1.82, 2.24) is 14.8 Å². The molecule has 1 atom stereocenters. The molecule has 0 fully saturated rings. The van der Waals surface area contributed by atoms with Crippen LogP contribution in [0.1, 0.15) is 45.7 Å². The number of fused-ring (bicyclic) bond motifs is 3. The maximum absolute atomic E-state index is 6.10. The van der Waals surface area contributed by atoms with Crippen LogP contribution in [0.2, 0.25) is 5.02 Å². The number of nitrogens with two attached hydrogens (primary N) is 1. The van der Waals surface area contributed by atoms with E-state index in [1.54, 1.807) is 11.3 Å². The molecule has 0 saturated carbocycles. The molecule has 0 radical (unpaired) electrons. The zero-order valence-electron chi connectivity index (χ0n) is 15.5. The molecule has 7 heteroatoms. The monoisotopic (exact) mass is 397 g/mol. The maximum atomic E-state index is 6.10. The van der Waals surface area contributed by atoms with Gasteiger partial charge in [-0.1, -0.05) is 30.3 Å². The summed E-state index contributed by atoms with van der Waals surface area (Å²) in [6.07, 6.45) is 0.516. The Hall–Kier alpha value is -2.44. The lowest BCUT2D eigenvalue weighted by Crippen LogP contribution is -2.09. The normalized spacial score (nSPS) is 15.7. The summed E-state index contributed by atoms with van der Waals surface area (Å²) in [5, 5.41) is 10.5. The Morgan fingerprint density at radius 1 is 1.22 bits per heavy atom. The van der Waals surface area contributed by atoms with E-state index in [1.165, 1.54) is 10.4 Å². The van der Waals surface area contributed by atoms with Gasteiger partial charge in [-0.3, -0.25) is 9.56 Å². The predicted molar refractivity (Wildman–Crippen MR) is 111 cm³/mol. The zero-order valence-corrected chi connectivity index (χ0v) is 17.0. The number of hydrogen-bond donors (Lipinski definition) is 1. The van der Waals surface area contributed by atoms with Crippen molar-refractivity contribution in [2.75, 3.05) is 0 Å². The Kier molecular flexibility index (Phi) is 4.40. The molecule has 2 N–H and O–H groups in total. The molecule has 1 unspecified atom stereocenters. The Morgan fingerprint density at radius 3 is 2.59 bits per heavy atom. The predicted octanol–water partition coefficient (Wildman–Crippen LogP) is 4.66. The molecule has 0 bridgehead atoms. The number of nitrogens with zero attached hydrogens (tertiary/aromatic N) is 4. The molecule has 0 saturated heterocycles. The minimum absolute atomic E-state index is 0.242. The van der Waals surface area contributed by atoms with Crippen molar-refractivity contribution in [3.05, 3.63) is 74.8 Å². The van der Waals surface area contributed by atoms with E-state index >= 15 is 0 Å². The van der Waals surface area contributed by atoms with Gasteiger partial charge in [0.25, 0.3) is 0 Å². The van der Waals surface area contributed by atoms with Crippen LogP contribution in [0.4, 0.5) is 0 Å². The molecule has 27 heavy (non-hydrogen) atoms.